The van der Waals surface area contributed by atoms with Gasteiger partial charge in [-0.1, -0.05) is 13.3 Å². The lowest BCUT2D eigenvalue weighted by Gasteiger charge is -2.16. The molecule has 1 fully saturated rings. The topological polar surface area (TPSA) is 98.7 Å². The predicted molar refractivity (Wildman–Crippen MR) is 56.9 cm³/mol. The van der Waals surface area contributed by atoms with Gasteiger partial charge in [-0.3, -0.25) is 4.79 Å². The van der Waals surface area contributed by atoms with Crippen molar-refractivity contribution in [1.29, 1.82) is 0 Å². The second-order valence-corrected chi connectivity index (χ2v) is 4.04. The Balaban J connectivity index is 2.45. The Morgan fingerprint density at radius 2 is 2.25 bits per heavy atom. The van der Waals surface area contributed by atoms with Crippen molar-refractivity contribution in [2.45, 2.75) is 44.4 Å². The molecule has 1 rings (SSSR count). The van der Waals surface area contributed by atoms with E-state index in [1.165, 1.54) is 0 Å². The van der Waals surface area contributed by atoms with Crippen LogP contribution in [0, 0.1) is 0 Å². The fourth-order valence-electron chi connectivity index (χ4n) is 1.74. The molecule has 6 nitrogen and oxygen atoms in total. The summed E-state index contributed by atoms with van der Waals surface area (Å²) in [4.78, 5) is 22.5. The number of aliphatic hydroxyl groups excluding tert-OH is 1. The summed E-state index contributed by atoms with van der Waals surface area (Å²) in [5.74, 6) is -1.37. The van der Waals surface area contributed by atoms with Gasteiger partial charge in [-0.2, -0.15) is 0 Å². The Bertz CT molecular complexity index is 270. The van der Waals surface area contributed by atoms with Gasteiger partial charge in [0.05, 0.1) is 12.1 Å². The highest BCUT2D eigenvalue weighted by Gasteiger charge is 2.30. The van der Waals surface area contributed by atoms with E-state index in [0.717, 1.165) is 0 Å². The molecule has 4 N–H and O–H groups in total. The molecule has 3 atom stereocenters. The van der Waals surface area contributed by atoms with E-state index in [4.69, 9.17) is 5.11 Å². The molecule has 0 saturated carbocycles. The summed E-state index contributed by atoms with van der Waals surface area (Å²) in [6.45, 7) is 2.24. The molecule has 0 aromatic rings. The summed E-state index contributed by atoms with van der Waals surface area (Å²) in [5.41, 5.74) is 0. The molecule has 0 spiro atoms. The van der Waals surface area contributed by atoms with Crippen molar-refractivity contribution < 1.29 is 19.8 Å². The smallest absolute Gasteiger partial charge is 0.326 e. The van der Waals surface area contributed by atoms with Crippen LogP contribution in [0.2, 0.25) is 0 Å². The maximum Gasteiger partial charge on any atom is 0.326 e. The van der Waals surface area contributed by atoms with Crippen molar-refractivity contribution in [1.82, 2.24) is 10.6 Å². The first kappa shape index (κ1) is 12.9. The van der Waals surface area contributed by atoms with Gasteiger partial charge in [0.15, 0.2) is 0 Å². The Kier molecular flexibility index (Phi) is 4.70. The molecule has 1 aliphatic heterocycles. The summed E-state index contributed by atoms with van der Waals surface area (Å²) in [7, 11) is 0. The molecule has 0 bridgehead atoms. The summed E-state index contributed by atoms with van der Waals surface area (Å²) in [6.07, 6.45) is 0.920. The van der Waals surface area contributed by atoms with Crippen LogP contribution in [-0.4, -0.2) is 46.8 Å². The Morgan fingerprint density at radius 1 is 1.56 bits per heavy atom. The summed E-state index contributed by atoms with van der Waals surface area (Å²) in [5, 5.41) is 23.4. The molecule has 1 saturated heterocycles. The van der Waals surface area contributed by atoms with Crippen molar-refractivity contribution >= 4 is 11.9 Å². The molecule has 2 unspecified atom stereocenters. The van der Waals surface area contributed by atoms with Crippen LogP contribution in [-0.2, 0) is 9.59 Å². The average molecular weight is 230 g/mol. The lowest BCUT2D eigenvalue weighted by Crippen LogP contribution is -2.48. The van der Waals surface area contributed by atoms with Gasteiger partial charge in [0.1, 0.15) is 6.04 Å². The number of rotatable bonds is 5. The number of nitrogens with one attached hydrogen (secondary N) is 2. The van der Waals surface area contributed by atoms with E-state index in [0.29, 0.717) is 25.8 Å². The Labute approximate surface area is 94.0 Å². The first-order valence-corrected chi connectivity index (χ1v) is 5.49. The number of hydrogen-bond acceptors (Lipinski definition) is 4. The van der Waals surface area contributed by atoms with Crippen molar-refractivity contribution in [3.05, 3.63) is 0 Å². The second-order valence-electron chi connectivity index (χ2n) is 4.04. The number of aliphatic hydroxyl groups is 1. The van der Waals surface area contributed by atoms with Crippen LogP contribution in [0.5, 0.6) is 0 Å². The lowest BCUT2D eigenvalue weighted by atomic mass is 10.1. The Morgan fingerprint density at radius 3 is 2.69 bits per heavy atom. The van der Waals surface area contributed by atoms with Gasteiger partial charge in [-0.25, -0.2) is 4.79 Å². The molecule has 0 radical (unpaired) electrons. The minimum atomic E-state index is -1.02. The monoisotopic (exact) mass is 230 g/mol. The van der Waals surface area contributed by atoms with E-state index >= 15 is 0 Å². The minimum Gasteiger partial charge on any atom is -0.480 e. The molecule has 1 heterocycles. The molecule has 0 aromatic heterocycles. The van der Waals surface area contributed by atoms with Crippen LogP contribution in [0.25, 0.3) is 0 Å². The zero-order valence-corrected chi connectivity index (χ0v) is 9.27. The van der Waals surface area contributed by atoms with Gasteiger partial charge in [0.2, 0.25) is 5.91 Å². The fourth-order valence-corrected chi connectivity index (χ4v) is 1.74. The number of carboxylic acid groups (broad SMARTS) is 1. The maximum absolute atomic E-state index is 11.6. The third kappa shape index (κ3) is 3.46. The standard InChI is InChI=1S/C10H18N2O4/c1-2-3-7(10(15)16)12-9(14)8-4-6(13)5-11-8/h6-8,11,13H,2-5H2,1H3,(H,12,14)(H,15,16)/t6?,7-,8?/m1/s1. The number of hydrogen-bond donors (Lipinski definition) is 4. The van der Waals surface area contributed by atoms with Crippen LogP contribution in [0.15, 0.2) is 0 Å². The average Bonchev–Trinajstić information content (AvgIpc) is 2.64. The lowest BCUT2D eigenvalue weighted by molar-refractivity contribution is -0.142. The Hall–Kier alpha value is -1.14. The fraction of sp³-hybridized carbons (Fsp3) is 0.800. The molecule has 0 aromatic carbocycles. The van der Waals surface area contributed by atoms with Gasteiger partial charge in [0.25, 0.3) is 0 Å². The maximum atomic E-state index is 11.6. The van der Waals surface area contributed by atoms with Gasteiger partial charge in [0, 0.05) is 6.54 Å². The van der Waals surface area contributed by atoms with E-state index in [2.05, 4.69) is 10.6 Å². The molecular formula is C10H18N2O4. The van der Waals surface area contributed by atoms with Crippen LogP contribution in [0.3, 0.4) is 0 Å². The molecule has 1 amide bonds. The van der Waals surface area contributed by atoms with Gasteiger partial charge in [-0.15, -0.1) is 0 Å². The van der Waals surface area contributed by atoms with Crippen molar-refractivity contribution in [2.75, 3.05) is 6.54 Å². The first-order valence-electron chi connectivity index (χ1n) is 5.49. The van der Waals surface area contributed by atoms with Crippen molar-refractivity contribution in [2.24, 2.45) is 0 Å². The predicted octanol–water partition coefficient (Wildman–Crippen LogP) is -0.921. The van der Waals surface area contributed by atoms with Crippen LogP contribution in [0.1, 0.15) is 26.2 Å². The summed E-state index contributed by atoms with van der Waals surface area (Å²) < 4.78 is 0. The largest absolute Gasteiger partial charge is 0.480 e. The van der Waals surface area contributed by atoms with Crippen LogP contribution < -0.4 is 10.6 Å². The van der Waals surface area contributed by atoms with E-state index in [-0.39, 0.29) is 5.91 Å². The van der Waals surface area contributed by atoms with Gasteiger partial charge < -0.3 is 20.8 Å². The zero-order valence-electron chi connectivity index (χ0n) is 9.27. The van der Waals surface area contributed by atoms with E-state index in [1.807, 2.05) is 6.92 Å². The molecule has 1 aliphatic rings. The van der Waals surface area contributed by atoms with E-state index in [1.54, 1.807) is 0 Å². The summed E-state index contributed by atoms with van der Waals surface area (Å²) in [6, 6.07) is -1.31. The summed E-state index contributed by atoms with van der Waals surface area (Å²) >= 11 is 0. The number of carboxylic acids is 1. The van der Waals surface area contributed by atoms with E-state index < -0.39 is 24.2 Å². The highest BCUT2D eigenvalue weighted by atomic mass is 16.4. The SMILES string of the molecule is CCC[C@@H](NC(=O)C1CC(O)CN1)C(=O)O. The normalized spacial score (nSPS) is 26.4. The first-order chi connectivity index (χ1) is 7.54. The highest BCUT2D eigenvalue weighted by molar-refractivity contribution is 5.87. The van der Waals surface area contributed by atoms with Crippen molar-refractivity contribution in [3.8, 4) is 0 Å². The highest BCUT2D eigenvalue weighted by Crippen LogP contribution is 2.07. The molecule has 16 heavy (non-hydrogen) atoms. The second kappa shape index (κ2) is 5.81. The van der Waals surface area contributed by atoms with Crippen molar-refractivity contribution in [3.63, 3.8) is 0 Å². The quantitative estimate of drug-likeness (QED) is 0.489. The third-order valence-corrected chi connectivity index (χ3v) is 2.62. The number of carbonyl (C=O) groups is 2. The molecule has 6 heteroatoms. The van der Waals surface area contributed by atoms with Gasteiger partial charge in [-0.05, 0) is 12.8 Å². The van der Waals surface area contributed by atoms with Gasteiger partial charge >= 0.3 is 5.97 Å². The number of amides is 1. The van der Waals surface area contributed by atoms with E-state index in [9.17, 15) is 14.7 Å². The molecular weight excluding hydrogens is 212 g/mol. The number of β-amino-alcohol motifs (C(OH)–C–C–N with tert-alkyl or cyclic N) is 1. The van der Waals surface area contributed by atoms with Crippen LogP contribution >= 0.6 is 0 Å². The molecule has 0 aliphatic carbocycles. The minimum absolute atomic E-state index is 0.338. The third-order valence-electron chi connectivity index (χ3n) is 2.62. The zero-order chi connectivity index (χ0) is 12.1. The van der Waals surface area contributed by atoms with Crippen LogP contribution in [0.4, 0.5) is 0 Å². The number of aliphatic carboxylic acids is 1. The molecule has 92 valence electrons. The number of carbonyl (C=O) groups excluding carboxylic acids is 1.